The molecule has 2 rings (SSSR count). The molecular formula is C8H8Cl2N2O. The molecule has 1 heterocycles. The van der Waals surface area contributed by atoms with Gasteiger partial charge in [-0.25, -0.2) is 4.98 Å². The summed E-state index contributed by atoms with van der Waals surface area (Å²) in [6, 6.07) is 5.29. The molecule has 2 aromatic rings. The topological polar surface area (TPSA) is 52.0 Å². The first kappa shape index (κ1) is 10.3. The number of halogens is 2. The smallest absolute Gasteiger partial charge is 0.209 e. The molecule has 0 amide bonds. The number of nitrogens with two attached hydrogens (primary N) is 1. The Morgan fingerprint density at radius 2 is 2.23 bits per heavy atom. The first-order valence-corrected chi connectivity index (χ1v) is 3.92. The van der Waals surface area contributed by atoms with E-state index in [1.54, 1.807) is 18.2 Å². The van der Waals surface area contributed by atoms with Gasteiger partial charge in [-0.05, 0) is 18.2 Å². The Kier molecular flexibility index (Phi) is 3.14. The van der Waals surface area contributed by atoms with E-state index in [4.69, 9.17) is 21.8 Å². The minimum Gasteiger partial charge on any atom is -0.439 e. The Labute approximate surface area is 86.3 Å². The standard InChI is InChI=1S/C8H7ClN2O.ClH/c9-5-1-2-7-6(3-5)11-8(4-10)12-7;/h1-3H,4,10H2;1H. The highest BCUT2D eigenvalue weighted by atomic mass is 35.5. The Balaban J connectivity index is 0.000000845. The second-order valence-corrected chi connectivity index (χ2v) is 2.86. The summed E-state index contributed by atoms with van der Waals surface area (Å²) in [7, 11) is 0. The third-order valence-electron chi connectivity index (χ3n) is 1.57. The molecule has 0 bridgehead atoms. The predicted octanol–water partition coefficient (Wildman–Crippen LogP) is 2.36. The van der Waals surface area contributed by atoms with E-state index >= 15 is 0 Å². The number of hydrogen-bond donors (Lipinski definition) is 1. The van der Waals surface area contributed by atoms with E-state index in [1.165, 1.54) is 0 Å². The van der Waals surface area contributed by atoms with Crippen molar-refractivity contribution in [3.8, 4) is 0 Å². The zero-order chi connectivity index (χ0) is 8.55. The van der Waals surface area contributed by atoms with Gasteiger partial charge in [-0.15, -0.1) is 12.4 Å². The molecule has 0 fully saturated rings. The van der Waals surface area contributed by atoms with Crippen LogP contribution in [0.1, 0.15) is 5.89 Å². The molecule has 2 N–H and O–H groups in total. The molecule has 0 saturated heterocycles. The quantitative estimate of drug-likeness (QED) is 0.800. The molecule has 1 aromatic heterocycles. The SMILES string of the molecule is Cl.NCc1nc2cc(Cl)ccc2o1. The van der Waals surface area contributed by atoms with E-state index in [0.29, 0.717) is 17.5 Å². The van der Waals surface area contributed by atoms with Crippen molar-refractivity contribution in [2.45, 2.75) is 6.54 Å². The number of rotatable bonds is 1. The number of nitrogens with zero attached hydrogens (tertiary/aromatic N) is 1. The average Bonchev–Trinajstić information content (AvgIpc) is 2.46. The lowest BCUT2D eigenvalue weighted by Crippen LogP contribution is -1.94. The Morgan fingerprint density at radius 3 is 2.92 bits per heavy atom. The number of fused-ring (bicyclic) bond motifs is 1. The highest BCUT2D eigenvalue weighted by Crippen LogP contribution is 2.19. The molecular weight excluding hydrogens is 211 g/mol. The maximum absolute atomic E-state index is 5.76. The van der Waals surface area contributed by atoms with Crippen molar-refractivity contribution < 1.29 is 4.42 Å². The lowest BCUT2D eigenvalue weighted by Gasteiger charge is -1.85. The lowest BCUT2D eigenvalue weighted by atomic mass is 10.3. The van der Waals surface area contributed by atoms with Gasteiger partial charge in [0.15, 0.2) is 5.58 Å². The van der Waals surface area contributed by atoms with Gasteiger partial charge < -0.3 is 10.2 Å². The molecule has 0 atom stereocenters. The molecule has 3 nitrogen and oxygen atoms in total. The molecule has 0 unspecified atom stereocenters. The van der Waals surface area contributed by atoms with Crippen LogP contribution in [0, 0.1) is 0 Å². The van der Waals surface area contributed by atoms with Gasteiger partial charge in [0.2, 0.25) is 5.89 Å². The second-order valence-electron chi connectivity index (χ2n) is 2.42. The Hall–Kier alpha value is -0.770. The fourth-order valence-corrected chi connectivity index (χ4v) is 1.20. The molecule has 0 aliphatic heterocycles. The van der Waals surface area contributed by atoms with Crippen LogP contribution in [0.5, 0.6) is 0 Å². The first-order chi connectivity index (χ1) is 5.79. The fraction of sp³-hybridized carbons (Fsp3) is 0.125. The highest BCUT2D eigenvalue weighted by molar-refractivity contribution is 6.31. The van der Waals surface area contributed by atoms with Crippen molar-refractivity contribution >= 4 is 35.1 Å². The van der Waals surface area contributed by atoms with Gasteiger partial charge in [-0.3, -0.25) is 0 Å². The van der Waals surface area contributed by atoms with Crippen molar-refractivity contribution in [2.75, 3.05) is 0 Å². The zero-order valence-corrected chi connectivity index (χ0v) is 8.23. The van der Waals surface area contributed by atoms with Crippen LogP contribution in [0.3, 0.4) is 0 Å². The lowest BCUT2D eigenvalue weighted by molar-refractivity contribution is 0.533. The molecule has 0 saturated carbocycles. The van der Waals surface area contributed by atoms with E-state index in [2.05, 4.69) is 4.98 Å². The summed E-state index contributed by atoms with van der Waals surface area (Å²) < 4.78 is 5.28. The van der Waals surface area contributed by atoms with E-state index in [-0.39, 0.29) is 12.4 Å². The summed E-state index contributed by atoms with van der Waals surface area (Å²) in [6.07, 6.45) is 0. The molecule has 0 aliphatic carbocycles. The Morgan fingerprint density at radius 1 is 1.46 bits per heavy atom. The van der Waals surface area contributed by atoms with Crippen molar-refractivity contribution in [2.24, 2.45) is 5.73 Å². The third kappa shape index (κ3) is 1.94. The summed E-state index contributed by atoms with van der Waals surface area (Å²) in [4.78, 5) is 4.12. The van der Waals surface area contributed by atoms with Gasteiger partial charge in [-0.2, -0.15) is 0 Å². The maximum Gasteiger partial charge on any atom is 0.209 e. The minimum absolute atomic E-state index is 0. The molecule has 13 heavy (non-hydrogen) atoms. The summed E-state index contributed by atoms with van der Waals surface area (Å²) >= 11 is 5.76. The minimum atomic E-state index is 0. The summed E-state index contributed by atoms with van der Waals surface area (Å²) in [5, 5.41) is 0.652. The summed E-state index contributed by atoms with van der Waals surface area (Å²) in [5.41, 5.74) is 6.84. The summed E-state index contributed by atoms with van der Waals surface area (Å²) in [6.45, 7) is 0.312. The molecule has 0 radical (unpaired) electrons. The Bertz CT molecular complexity index is 413. The monoisotopic (exact) mass is 218 g/mol. The molecule has 1 aromatic carbocycles. The van der Waals surface area contributed by atoms with Crippen molar-refractivity contribution in [1.29, 1.82) is 0 Å². The molecule has 5 heteroatoms. The van der Waals surface area contributed by atoms with Crippen LogP contribution in [0.15, 0.2) is 22.6 Å². The van der Waals surface area contributed by atoms with Crippen LogP contribution in [0.4, 0.5) is 0 Å². The van der Waals surface area contributed by atoms with E-state index in [1.807, 2.05) is 0 Å². The second kappa shape index (κ2) is 3.96. The largest absolute Gasteiger partial charge is 0.439 e. The van der Waals surface area contributed by atoms with Gasteiger partial charge in [0, 0.05) is 5.02 Å². The zero-order valence-electron chi connectivity index (χ0n) is 6.66. The van der Waals surface area contributed by atoms with Gasteiger partial charge in [-0.1, -0.05) is 11.6 Å². The van der Waals surface area contributed by atoms with Crippen LogP contribution in [-0.2, 0) is 6.54 Å². The average molecular weight is 219 g/mol. The van der Waals surface area contributed by atoms with Crippen molar-refractivity contribution in [3.63, 3.8) is 0 Å². The third-order valence-corrected chi connectivity index (χ3v) is 1.80. The number of hydrogen-bond acceptors (Lipinski definition) is 3. The molecule has 70 valence electrons. The van der Waals surface area contributed by atoms with Crippen molar-refractivity contribution in [1.82, 2.24) is 4.98 Å². The van der Waals surface area contributed by atoms with Crippen LogP contribution >= 0.6 is 24.0 Å². The van der Waals surface area contributed by atoms with Gasteiger partial charge >= 0.3 is 0 Å². The van der Waals surface area contributed by atoms with Gasteiger partial charge in [0.05, 0.1) is 6.54 Å². The number of aromatic nitrogens is 1. The van der Waals surface area contributed by atoms with E-state index in [9.17, 15) is 0 Å². The highest BCUT2D eigenvalue weighted by Gasteiger charge is 2.03. The van der Waals surface area contributed by atoms with Crippen molar-refractivity contribution in [3.05, 3.63) is 29.1 Å². The van der Waals surface area contributed by atoms with Crippen LogP contribution in [-0.4, -0.2) is 4.98 Å². The van der Waals surface area contributed by atoms with Gasteiger partial charge in [0.25, 0.3) is 0 Å². The van der Waals surface area contributed by atoms with E-state index in [0.717, 1.165) is 11.1 Å². The maximum atomic E-state index is 5.76. The number of oxazole rings is 1. The van der Waals surface area contributed by atoms with E-state index < -0.39 is 0 Å². The van der Waals surface area contributed by atoms with Crippen LogP contribution in [0.2, 0.25) is 5.02 Å². The molecule has 0 spiro atoms. The van der Waals surface area contributed by atoms with Gasteiger partial charge in [0.1, 0.15) is 5.52 Å². The summed E-state index contributed by atoms with van der Waals surface area (Å²) in [5.74, 6) is 0.535. The fourth-order valence-electron chi connectivity index (χ4n) is 1.04. The van der Waals surface area contributed by atoms with Crippen LogP contribution < -0.4 is 5.73 Å². The molecule has 0 aliphatic rings. The van der Waals surface area contributed by atoms with Crippen LogP contribution in [0.25, 0.3) is 11.1 Å². The predicted molar refractivity (Wildman–Crippen MR) is 54.2 cm³/mol. The normalized spacial score (nSPS) is 10.0. The number of benzene rings is 1. The first-order valence-electron chi connectivity index (χ1n) is 3.54.